The highest BCUT2D eigenvalue weighted by Gasteiger charge is 2.32. The summed E-state index contributed by atoms with van der Waals surface area (Å²) >= 11 is 3.09. The zero-order valence-corrected chi connectivity index (χ0v) is 11.9. The maximum atomic E-state index is 12.7. The molecule has 1 aromatic rings. The van der Waals surface area contributed by atoms with Crippen molar-refractivity contribution in [3.05, 3.63) is 33.8 Å². The summed E-state index contributed by atoms with van der Waals surface area (Å²) in [6.07, 6.45) is -3.99. The van der Waals surface area contributed by atoms with Crippen LogP contribution >= 0.6 is 15.9 Å². The van der Waals surface area contributed by atoms with Gasteiger partial charge in [0.05, 0.1) is 11.1 Å². The molecule has 0 N–H and O–H groups in total. The van der Waals surface area contributed by atoms with Gasteiger partial charge in [0.1, 0.15) is 5.78 Å². The van der Waals surface area contributed by atoms with Crippen molar-refractivity contribution in [1.29, 1.82) is 0 Å². The average molecular weight is 350 g/mol. The minimum atomic E-state index is -4.49. The lowest BCUT2D eigenvalue weighted by molar-refractivity contribution is -0.137. The summed E-state index contributed by atoms with van der Waals surface area (Å²) in [5, 5.41) is 0. The Morgan fingerprint density at radius 3 is 2.35 bits per heavy atom. The van der Waals surface area contributed by atoms with Gasteiger partial charge in [0.2, 0.25) is 0 Å². The molecule has 20 heavy (non-hydrogen) atoms. The Morgan fingerprint density at radius 2 is 1.80 bits per heavy atom. The number of benzene rings is 1. The first-order valence-electron chi connectivity index (χ1n) is 5.97. The van der Waals surface area contributed by atoms with Crippen molar-refractivity contribution in [3.8, 4) is 0 Å². The van der Waals surface area contributed by atoms with Crippen LogP contribution in [0.5, 0.6) is 0 Å². The summed E-state index contributed by atoms with van der Waals surface area (Å²) in [4.78, 5) is 24.8. The van der Waals surface area contributed by atoms with Crippen LogP contribution in [0.25, 0.3) is 0 Å². The first-order chi connectivity index (χ1) is 9.29. The van der Waals surface area contributed by atoms with Crippen LogP contribution in [0.15, 0.2) is 22.7 Å². The monoisotopic (exact) mass is 349 g/mol. The van der Waals surface area contributed by atoms with Crippen LogP contribution in [-0.2, 0) is 11.0 Å². The van der Waals surface area contributed by atoms with E-state index in [0.717, 1.165) is 12.1 Å². The predicted octanol–water partition coefficient (Wildman–Crippen LogP) is 3.27. The Kier molecular flexibility index (Phi) is 4.17. The molecule has 0 aliphatic carbocycles. The van der Waals surface area contributed by atoms with Crippen LogP contribution in [0.4, 0.5) is 13.2 Å². The molecule has 1 aromatic carbocycles. The van der Waals surface area contributed by atoms with Gasteiger partial charge in [0, 0.05) is 30.4 Å². The van der Waals surface area contributed by atoms with E-state index < -0.39 is 17.6 Å². The van der Waals surface area contributed by atoms with E-state index in [2.05, 4.69) is 15.9 Å². The highest BCUT2D eigenvalue weighted by molar-refractivity contribution is 9.10. The Balaban J connectivity index is 2.27. The van der Waals surface area contributed by atoms with E-state index in [-0.39, 0.29) is 37.3 Å². The normalized spacial score (nSPS) is 16.4. The number of amides is 1. The number of piperidine rings is 1. The van der Waals surface area contributed by atoms with Crippen molar-refractivity contribution in [3.63, 3.8) is 0 Å². The highest BCUT2D eigenvalue weighted by atomic mass is 79.9. The van der Waals surface area contributed by atoms with Crippen LogP contribution in [0, 0.1) is 0 Å². The molecular formula is C13H11BrF3NO2. The molecule has 0 atom stereocenters. The van der Waals surface area contributed by atoms with Crippen molar-refractivity contribution in [2.75, 3.05) is 13.1 Å². The van der Waals surface area contributed by atoms with E-state index in [4.69, 9.17) is 0 Å². The molecular weight excluding hydrogens is 339 g/mol. The van der Waals surface area contributed by atoms with Crippen LogP contribution in [-0.4, -0.2) is 29.7 Å². The molecule has 1 fully saturated rings. The minimum absolute atomic E-state index is 0.0332. The third-order valence-electron chi connectivity index (χ3n) is 3.13. The second-order valence-corrected chi connectivity index (χ2v) is 5.38. The number of halogens is 4. The number of ketones is 1. The molecule has 3 nitrogen and oxygen atoms in total. The van der Waals surface area contributed by atoms with Gasteiger partial charge in [-0.05, 0) is 34.1 Å². The van der Waals surface area contributed by atoms with Crippen LogP contribution in [0.2, 0.25) is 0 Å². The zero-order chi connectivity index (χ0) is 14.9. The third-order valence-corrected chi connectivity index (χ3v) is 3.82. The van der Waals surface area contributed by atoms with E-state index in [1.807, 2.05) is 0 Å². The number of alkyl halides is 3. The molecule has 1 heterocycles. The third kappa shape index (κ3) is 3.20. The molecule has 7 heteroatoms. The Labute approximate surface area is 121 Å². The van der Waals surface area contributed by atoms with Crippen LogP contribution < -0.4 is 0 Å². The molecule has 0 saturated carbocycles. The largest absolute Gasteiger partial charge is 0.416 e. The zero-order valence-electron chi connectivity index (χ0n) is 10.3. The lowest BCUT2D eigenvalue weighted by Gasteiger charge is -2.26. The number of likely N-dealkylation sites (tertiary alicyclic amines) is 1. The summed E-state index contributed by atoms with van der Waals surface area (Å²) in [6.45, 7) is 0.501. The molecule has 0 bridgehead atoms. The van der Waals surface area contributed by atoms with E-state index in [9.17, 15) is 22.8 Å². The summed E-state index contributed by atoms with van der Waals surface area (Å²) in [5.41, 5.74) is -0.897. The van der Waals surface area contributed by atoms with Crippen LogP contribution in [0.1, 0.15) is 28.8 Å². The number of hydrogen-bond acceptors (Lipinski definition) is 2. The molecule has 108 valence electrons. The molecule has 1 saturated heterocycles. The average Bonchev–Trinajstić information content (AvgIpc) is 2.38. The van der Waals surface area contributed by atoms with Crippen molar-refractivity contribution in [2.45, 2.75) is 19.0 Å². The lowest BCUT2D eigenvalue weighted by Crippen LogP contribution is -2.38. The van der Waals surface area contributed by atoms with Gasteiger partial charge >= 0.3 is 6.18 Å². The summed E-state index contributed by atoms with van der Waals surface area (Å²) in [7, 11) is 0. The lowest BCUT2D eigenvalue weighted by atomic mass is 10.1. The summed E-state index contributed by atoms with van der Waals surface area (Å²) < 4.78 is 38.3. The number of nitrogens with zero attached hydrogens (tertiary/aromatic N) is 1. The molecule has 0 spiro atoms. The van der Waals surface area contributed by atoms with E-state index in [0.29, 0.717) is 4.47 Å². The molecule has 0 unspecified atom stereocenters. The maximum absolute atomic E-state index is 12.7. The van der Waals surface area contributed by atoms with Gasteiger partial charge < -0.3 is 4.90 Å². The minimum Gasteiger partial charge on any atom is -0.338 e. The smallest absolute Gasteiger partial charge is 0.338 e. The van der Waals surface area contributed by atoms with Gasteiger partial charge in [-0.25, -0.2) is 0 Å². The standard InChI is InChI=1S/C13H11BrF3NO2/c14-11-2-1-8(13(15,16)17)7-10(11)12(20)18-5-3-9(19)4-6-18/h1-2,7H,3-6H2. The fourth-order valence-corrected chi connectivity index (χ4v) is 2.41. The molecule has 0 radical (unpaired) electrons. The molecule has 1 aliphatic rings. The first kappa shape index (κ1) is 15.0. The number of Topliss-reactive ketones (excluding diaryl/α,β-unsaturated/α-hetero) is 1. The van der Waals surface area contributed by atoms with E-state index in [1.54, 1.807) is 0 Å². The summed E-state index contributed by atoms with van der Waals surface area (Å²) in [6, 6.07) is 2.97. The second kappa shape index (κ2) is 5.55. The number of carbonyl (C=O) groups excluding carboxylic acids is 2. The van der Waals surface area contributed by atoms with Crippen LogP contribution in [0.3, 0.4) is 0 Å². The fourth-order valence-electron chi connectivity index (χ4n) is 2.00. The quantitative estimate of drug-likeness (QED) is 0.780. The molecule has 1 amide bonds. The molecule has 2 rings (SSSR count). The van der Waals surface area contributed by atoms with E-state index >= 15 is 0 Å². The van der Waals surface area contributed by atoms with Gasteiger partial charge in [-0.1, -0.05) is 0 Å². The van der Waals surface area contributed by atoms with Crippen molar-refractivity contribution in [2.24, 2.45) is 0 Å². The van der Waals surface area contributed by atoms with Crippen molar-refractivity contribution in [1.82, 2.24) is 4.90 Å². The van der Waals surface area contributed by atoms with Crippen molar-refractivity contribution >= 4 is 27.6 Å². The Morgan fingerprint density at radius 1 is 1.20 bits per heavy atom. The molecule has 0 aromatic heterocycles. The van der Waals surface area contributed by atoms with Gasteiger partial charge in [-0.3, -0.25) is 9.59 Å². The number of carbonyl (C=O) groups is 2. The second-order valence-electron chi connectivity index (χ2n) is 4.52. The summed E-state index contributed by atoms with van der Waals surface area (Å²) in [5.74, 6) is -0.423. The van der Waals surface area contributed by atoms with Crippen molar-refractivity contribution < 1.29 is 22.8 Å². The topological polar surface area (TPSA) is 37.4 Å². The first-order valence-corrected chi connectivity index (χ1v) is 6.76. The van der Waals surface area contributed by atoms with Gasteiger partial charge in [0.25, 0.3) is 5.91 Å². The number of hydrogen-bond donors (Lipinski definition) is 0. The Bertz CT molecular complexity index is 547. The Hall–Kier alpha value is -1.37. The van der Waals surface area contributed by atoms with Gasteiger partial charge in [-0.15, -0.1) is 0 Å². The maximum Gasteiger partial charge on any atom is 0.416 e. The highest BCUT2D eigenvalue weighted by Crippen LogP contribution is 2.32. The predicted molar refractivity (Wildman–Crippen MR) is 69.3 cm³/mol. The number of rotatable bonds is 1. The van der Waals surface area contributed by atoms with E-state index in [1.165, 1.54) is 11.0 Å². The van der Waals surface area contributed by atoms with Gasteiger partial charge in [-0.2, -0.15) is 13.2 Å². The van der Waals surface area contributed by atoms with Gasteiger partial charge in [0.15, 0.2) is 0 Å². The SMILES string of the molecule is O=C1CCN(C(=O)c2cc(C(F)(F)F)ccc2Br)CC1. The fraction of sp³-hybridized carbons (Fsp3) is 0.385. The molecule has 1 aliphatic heterocycles.